The minimum Gasteiger partial charge on any atom is -0.481 e. The van der Waals surface area contributed by atoms with Crippen molar-refractivity contribution < 1.29 is 9.53 Å². The Morgan fingerprint density at radius 3 is 2.87 bits per heavy atom. The van der Waals surface area contributed by atoms with Crippen molar-refractivity contribution in [1.82, 2.24) is 9.97 Å². The minimum absolute atomic E-state index is 0.0461. The van der Waals surface area contributed by atoms with Crippen LogP contribution in [0.15, 0.2) is 42.6 Å². The zero-order valence-corrected chi connectivity index (χ0v) is 16.6. The van der Waals surface area contributed by atoms with Crippen LogP contribution in [0.25, 0.3) is 11.1 Å². The van der Waals surface area contributed by atoms with Gasteiger partial charge in [0.2, 0.25) is 5.95 Å². The second kappa shape index (κ2) is 6.91. The molecule has 30 heavy (non-hydrogen) atoms. The number of rotatable bonds is 3. The van der Waals surface area contributed by atoms with Gasteiger partial charge in [0.15, 0.2) is 12.4 Å². The number of nitrogen functional groups attached to an aromatic ring is 2. The van der Waals surface area contributed by atoms with E-state index in [0.717, 1.165) is 41.1 Å². The quantitative estimate of drug-likeness (QED) is 0.691. The lowest BCUT2D eigenvalue weighted by molar-refractivity contribution is -0.120. The number of benzene rings is 2. The average Bonchev–Trinajstić information content (AvgIpc) is 3.14. The van der Waals surface area contributed by atoms with Gasteiger partial charge in [0, 0.05) is 43.1 Å². The third-order valence-electron chi connectivity index (χ3n) is 5.73. The van der Waals surface area contributed by atoms with Gasteiger partial charge in [-0.05, 0) is 35.7 Å². The zero-order chi connectivity index (χ0) is 20.8. The van der Waals surface area contributed by atoms with Crippen molar-refractivity contribution in [2.45, 2.75) is 13.0 Å². The van der Waals surface area contributed by atoms with Crippen LogP contribution in [0.2, 0.25) is 0 Å². The van der Waals surface area contributed by atoms with E-state index in [1.165, 1.54) is 11.3 Å². The molecule has 0 bridgehead atoms. The molecule has 3 aromatic rings. The lowest BCUT2D eigenvalue weighted by Gasteiger charge is -2.27. The number of likely N-dealkylation sites (N-methyl/N-ethyl adjacent to an activating group) is 1. The van der Waals surface area contributed by atoms with E-state index in [1.54, 1.807) is 18.1 Å². The van der Waals surface area contributed by atoms with E-state index < -0.39 is 0 Å². The standard InChI is InChI=1S/C22H22N6O2/c1-27-18-4-2-3-16(20(18)30-12-19(27)29)13-5-6-17-14(9-13)7-8-28(17)11-15-10-25-22(24)26-21(15)23/h2-6,9-10H,7-8,11-12H2,1H3,(H4,23,24,25,26). The van der Waals surface area contributed by atoms with E-state index in [-0.39, 0.29) is 18.5 Å². The van der Waals surface area contributed by atoms with Crippen LogP contribution in [0.5, 0.6) is 5.75 Å². The van der Waals surface area contributed by atoms with Crippen LogP contribution in [0.3, 0.4) is 0 Å². The predicted molar refractivity (Wildman–Crippen MR) is 116 cm³/mol. The average molecular weight is 402 g/mol. The molecule has 8 heteroatoms. The van der Waals surface area contributed by atoms with Crippen LogP contribution in [0.4, 0.5) is 23.1 Å². The van der Waals surface area contributed by atoms with Crippen LogP contribution in [0, 0.1) is 0 Å². The second-order valence-electron chi connectivity index (χ2n) is 7.55. The van der Waals surface area contributed by atoms with Gasteiger partial charge in [-0.25, -0.2) is 4.98 Å². The van der Waals surface area contributed by atoms with Gasteiger partial charge in [-0.15, -0.1) is 0 Å². The normalized spacial score (nSPS) is 15.0. The Balaban J connectivity index is 1.46. The maximum atomic E-state index is 12.0. The number of hydrogen-bond donors (Lipinski definition) is 2. The number of fused-ring (bicyclic) bond motifs is 2. The van der Waals surface area contributed by atoms with Crippen LogP contribution in [0.1, 0.15) is 11.1 Å². The molecule has 0 saturated carbocycles. The molecule has 0 radical (unpaired) electrons. The Hall–Kier alpha value is -3.81. The maximum Gasteiger partial charge on any atom is 0.264 e. The van der Waals surface area contributed by atoms with Crippen molar-refractivity contribution in [3.05, 3.63) is 53.7 Å². The molecule has 0 spiro atoms. The summed E-state index contributed by atoms with van der Waals surface area (Å²) in [6.07, 6.45) is 2.63. The third-order valence-corrected chi connectivity index (χ3v) is 5.73. The van der Waals surface area contributed by atoms with E-state index in [9.17, 15) is 4.79 Å². The molecule has 3 heterocycles. The van der Waals surface area contributed by atoms with Crippen molar-refractivity contribution in [2.24, 2.45) is 0 Å². The fraction of sp³-hybridized carbons (Fsp3) is 0.227. The first-order valence-electron chi connectivity index (χ1n) is 9.79. The van der Waals surface area contributed by atoms with Gasteiger partial charge >= 0.3 is 0 Å². The first kappa shape index (κ1) is 18.2. The number of carbonyl (C=O) groups excluding carboxylic acids is 1. The van der Waals surface area contributed by atoms with Gasteiger partial charge in [0.25, 0.3) is 5.91 Å². The fourth-order valence-corrected chi connectivity index (χ4v) is 4.10. The van der Waals surface area contributed by atoms with Crippen LogP contribution >= 0.6 is 0 Å². The Bertz CT molecular complexity index is 1160. The molecule has 0 saturated heterocycles. The highest BCUT2D eigenvalue weighted by Gasteiger charge is 2.26. The summed E-state index contributed by atoms with van der Waals surface area (Å²) in [4.78, 5) is 24.0. The molecule has 8 nitrogen and oxygen atoms in total. The van der Waals surface area contributed by atoms with Crippen LogP contribution in [-0.4, -0.2) is 36.1 Å². The summed E-state index contributed by atoms with van der Waals surface area (Å²) in [5, 5.41) is 0. The van der Waals surface area contributed by atoms with Gasteiger partial charge in [0.1, 0.15) is 5.82 Å². The first-order valence-corrected chi connectivity index (χ1v) is 9.79. The third kappa shape index (κ3) is 2.97. The van der Waals surface area contributed by atoms with Crippen molar-refractivity contribution in [2.75, 3.05) is 41.5 Å². The summed E-state index contributed by atoms with van der Waals surface area (Å²) in [5.74, 6) is 1.30. The Morgan fingerprint density at radius 1 is 1.17 bits per heavy atom. The molecule has 5 rings (SSSR count). The van der Waals surface area contributed by atoms with Gasteiger partial charge in [-0.1, -0.05) is 18.2 Å². The van der Waals surface area contributed by atoms with Gasteiger partial charge in [-0.2, -0.15) is 4.98 Å². The summed E-state index contributed by atoms with van der Waals surface area (Å²) in [7, 11) is 1.78. The lowest BCUT2D eigenvalue weighted by Crippen LogP contribution is -2.35. The summed E-state index contributed by atoms with van der Waals surface area (Å²) in [6.45, 7) is 1.59. The van der Waals surface area contributed by atoms with E-state index in [1.807, 2.05) is 18.2 Å². The Morgan fingerprint density at radius 2 is 2.03 bits per heavy atom. The summed E-state index contributed by atoms with van der Waals surface area (Å²) in [6, 6.07) is 12.3. The highest BCUT2D eigenvalue weighted by Crippen LogP contribution is 2.42. The molecule has 0 atom stereocenters. The minimum atomic E-state index is -0.0461. The predicted octanol–water partition coefficient (Wildman–Crippen LogP) is 2.23. The highest BCUT2D eigenvalue weighted by atomic mass is 16.5. The number of para-hydroxylation sites is 1. The zero-order valence-electron chi connectivity index (χ0n) is 16.6. The fourth-order valence-electron chi connectivity index (χ4n) is 4.10. The summed E-state index contributed by atoms with van der Waals surface area (Å²) < 4.78 is 5.79. The summed E-state index contributed by atoms with van der Waals surface area (Å²) in [5.41, 5.74) is 17.8. The molecule has 0 fully saturated rings. The number of nitrogens with zero attached hydrogens (tertiary/aromatic N) is 4. The largest absolute Gasteiger partial charge is 0.481 e. The van der Waals surface area contributed by atoms with Crippen molar-refractivity contribution >= 4 is 29.0 Å². The highest BCUT2D eigenvalue weighted by molar-refractivity contribution is 5.99. The molecule has 2 aliphatic heterocycles. The van der Waals surface area contributed by atoms with E-state index in [2.05, 4.69) is 33.1 Å². The molecular formula is C22H22N6O2. The number of amides is 1. The first-order chi connectivity index (χ1) is 14.5. The van der Waals surface area contributed by atoms with E-state index in [4.69, 9.17) is 16.2 Å². The van der Waals surface area contributed by atoms with Gasteiger partial charge < -0.3 is 26.0 Å². The number of ether oxygens (including phenoxy) is 1. The topological polar surface area (TPSA) is 111 Å². The van der Waals surface area contributed by atoms with E-state index in [0.29, 0.717) is 12.4 Å². The maximum absolute atomic E-state index is 12.0. The second-order valence-corrected chi connectivity index (χ2v) is 7.55. The molecule has 1 amide bonds. The molecule has 0 unspecified atom stereocenters. The van der Waals surface area contributed by atoms with Crippen molar-refractivity contribution in [3.8, 4) is 16.9 Å². The van der Waals surface area contributed by atoms with E-state index >= 15 is 0 Å². The van der Waals surface area contributed by atoms with Crippen LogP contribution in [-0.2, 0) is 17.8 Å². The lowest BCUT2D eigenvalue weighted by atomic mass is 9.99. The number of aromatic nitrogens is 2. The van der Waals surface area contributed by atoms with Crippen molar-refractivity contribution in [3.63, 3.8) is 0 Å². The number of nitrogens with two attached hydrogens (primary N) is 2. The Labute approximate surface area is 174 Å². The molecule has 0 aliphatic carbocycles. The van der Waals surface area contributed by atoms with Gasteiger partial charge in [0.05, 0.1) is 5.69 Å². The summed E-state index contributed by atoms with van der Waals surface area (Å²) >= 11 is 0. The number of carbonyl (C=O) groups is 1. The smallest absolute Gasteiger partial charge is 0.264 e. The number of anilines is 4. The molecule has 152 valence electrons. The monoisotopic (exact) mass is 402 g/mol. The molecule has 2 aliphatic rings. The molecular weight excluding hydrogens is 380 g/mol. The SMILES string of the molecule is CN1C(=O)COc2c(-c3ccc4c(c3)CCN4Cc3cnc(N)nc3N)cccc21. The molecule has 4 N–H and O–H groups in total. The van der Waals surface area contributed by atoms with Gasteiger partial charge in [-0.3, -0.25) is 4.79 Å². The Kier molecular flexibility index (Phi) is 4.20. The molecule has 2 aromatic carbocycles. The van der Waals surface area contributed by atoms with Crippen molar-refractivity contribution in [1.29, 1.82) is 0 Å². The number of hydrogen-bond acceptors (Lipinski definition) is 7. The van der Waals surface area contributed by atoms with Crippen LogP contribution < -0.4 is 26.0 Å². The molecule has 1 aromatic heterocycles.